The fraction of sp³-hybridized carbons (Fsp3) is 0.120. The molecule has 0 unspecified atom stereocenters. The molecular formula is C25H21N3O2S2. The SMILES string of the molecule is COc1ccc(N=c2scc(CSc3nc4ccccc4o3)n2Cc2ccccc2)cc1. The van der Waals surface area contributed by atoms with Crippen LogP contribution in [0.15, 0.2) is 98.9 Å². The number of para-hydroxylation sites is 2. The average molecular weight is 460 g/mol. The van der Waals surface area contributed by atoms with E-state index >= 15 is 0 Å². The van der Waals surface area contributed by atoms with Crippen molar-refractivity contribution in [1.29, 1.82) is 0 Å². The largest absolute Gasteiger partial charge is 0.497 e. The van der Waals surface area contributed by atoms with Crippen LogP contribution in [0.5, 0.6) is 5.75 Å². The van der Waals surface area contributed by atoms with Crippen molar-refractivity contribution in [2.45, 2.75) is 17.5 Å². The lowest BCUT2D eigenvalue weighted by Crippen LogP contribution is -2.17. The third-order valence-corrected chi connectivity index (χ3v) is 6.75. The predicted molar refractivity (Wildman–Crippen MR) is 130 cm³/mol. The number of methoxy groups -OCH3 is 1. The molecule has 0 aliphatic heterocycles. The molecule has 2 aromatic heterocycles. The molecule has 0 atom stereocenters. The molecular weight excluding hydrogens is 438 g/mol. The van der Waals surface area contributed by atoms with Crippen LogP contribution in [0, 0.1) is 0 Å². The number of nitrogens with zero attached hydrogens (tertiary/aromatic N) is 3. The zero-order chi connectivity index (χ0) is 21.8. The molecule has 3 aromatic carbocycles. The van der Waals surface area contributed by atoms with Gasteiger partial charge in [0.25, 0.3) is 5.22 Å². The highest BCUT2D eigenvalue weighted by Gasteiger charge is 2.11. The van der Waals surface area contributed by atoms with Gasteiger partial charge in [0.15, 0.2) is 10.4 Å². The van der Waals surface area contributed by atoms with Gasteiger partial charge in [0, 0.05) is 16.8 Å². The van der Waals surface area contributed by atoms with Gasteiger partial charge in [-0.15, -0.1) is 11.3 Å². The Morgan fingerprint density at radius 2 is 1.78 bits per heavy atom. The molecule has 0 saturated carbocycles. The van der Waals surface area contributed by atoms with Crippen LogP contribution in [-0.4, -0.2) is 16.7 Å². The van der Waals surface area contributed by atoms with Gasteiger partial charge in [-0.25, -0.2) is 9.98 Å². The van der Waals surface area contributed by atoms with Crippen LogP contribution in [-0.2, 0) is 12.3 Å². The summed E-state index contributed by atoms with van der Waals surface area (Å²) >= 11 is 3.24. The topological polar surface area (TPSA) is 52.6 Å². The molecule has 0 amide bonds. The van der Waals surface area contributed by atoms with E-state index in [4.69, 9.17) is 14.1 Å². The molecule has 0 fully saturated rings. The zero-order valence-electron chi connectivity index (χ0n) is 17.5. The normalized spacial score (nSPS) is 11.8. The van der Waals surface area contributed by atoms with Crippen LogP contribution in [0.25, 0.3) is 11.1 Å². The zero-order valence-corrected chi connectivity index (χ0v) is 19.1. The quantitative estimate of drug-likeness (QED) is 0.269. The fourth-order valence-corrected chi connectivity index (χ4v) is 5.17. The number of aromatic nitrogens is 2. The van der Waals surface area contributed by atoms with Crippen LogP contribution in [0.1, 0.15) is 11.3 Å². The Morgan fingerprint density at radius 1 is 1.00 bits per heavy atom. The molecule has 0 N–H and O–H groups in total. The second-order valence-corrected chi connectivity index (χ2v) is 8.89. The Kier molecular flexibility index (Phi) is 6.09. The van der Waals surface area contributed by atoms with Gasteiger partial charge in [0.1, 0.15) is 11.3 Å². The molecule has 5 rings (SSSR count). The second-order valence-electron chi connectivity index (χ2n) is 7.13. The maximum atomic E-state index is 5.88. The van der Waals surface area contributed by atoms with Crippen LogP contribution in [0.4, 0.5) is 5.69 Å². The summed E-state index contributed by atoms with van der Waals surface area (Å²) in [5.41, 5.74) is 5.00. The monoisotopic (exact) mass is 459 g/mol. The third-order valence-electron chi connectivity index (χ3n) is 4.98. The molecule has 7 heteroatoms. The van der Waals surface area contributed by atoms with E-state index < -0.39 is 0 Å². The molecule has 32 heavy (non-hydrogen) atoms. The predicted octanol–water partition coefficient (Wildman–Crippen LogP) is 6.27. The first kappa shape index (κ1) is 20.6. The van der Waals surface area contributed by atoms with E-state index in [0.29, 0.717) is 5.22 Å². The van der Waals surface area contributed by atoms with Crippen LogP contribution in [0.3, 0.4) is 0 Å². The minimum absolute atomic E-state index is 0.678. The van der Waals surface area contributed by atoms with E-state index in [0.717, 1.165) is 39.6 Å². The van der Waals surface area contributed by atoms with E-state index in [1.165, 1.54) is 11.3 Å². The molecule has 0 saturated heterocycles. The van der Waals surface area contributed by atoms with Crippen molar-refractivity contribution in [3.05, 3.63) is 100 Å². The maximum Gasteiger partial charge on any atom is 0.257 e. The molecule has 160 valence electrons. The number of hydrogen-bond donors (Lipinski definition) is 0. The second kappa shape index (κ2) is 9.46. The van der Waals surface area contributed by atoms with Gasteiger partial charge < -0.3 is 13.7 Å². The number of thiazole rings is 1. The highest BCUT2D eigenvalue weighted by molar-refractivity contribution is 7.98. The van der Waals surface area contributed by atoms with Gasteiger partial charge in [0.05, 0.1) is 19.3 Å². The minimum Gasteiger partial charge on any atom is -0.497 e. The Hall–Kier alpha value is -3.29. The van der Waals surface area contributed by atoms with E-state index in [1.54, 1.807) is 30.2 Å². The van der Waals surface area contributed by atoms with Gasteiger partial charge in [0.2, 0.25) is 0 Å². The Morgan fingerprint density at radius 3 is 2.56 bits per heavy atom. The van der Waals surface area contributed by atoms with Gasteiger partial charge in [-0.2, -0.15) is 0 Å². The first-order valence-corrected chi connectivity index (χ1v) is 12.0. The van der Waals surface area contributed by atoms with Crippen LogP contribution in [0.2, 0.25) is 0 Å². The van der Waals surface area contributed by atoms with Crippen molar-refractivity contribution in [3.8, 4) is 5.75 Å². The molecule has 0 bridgehead atoms. The van der Waals surface area contributed by atoms with E-state index in [2.05, 4.69) is 39.2 Å². The fourth-order valence-electron chi connectivity index (χ4n) is 3.32. The summed E-state index contributed by atoms with van der Waals surface area (Å²) in [5, 5.41) is 2.85. The average Bonchev–Trinajstić information content (AvgIpc) is 3.42. The summed E-state index contributed by atoms with van der Waals surface area (Å²) in [6.45, 7) is 0.753. The van der Waals surface area contributed by atoms with Gasteiger partial charge in [-0.3, -0.25) is 0 Å². The molecule has 2 heterocycles. The number of benzene rings is 3. The molecule has 0 radical (unpaired) electrons. The summed E-state index contributed by atoms with van der Waals surface area (Å²) in [6, 6.07) is 26.1. The van der Waals surface area contributed by atoms with Gasteiger partial charge >= 0.3 is 0 Å². The Labute approximate surface area is 194 Å². The first-order valence-electron chi connectivity index (χ1n) is 10.2. The van der Waals surface area contributed by atoms with Gasteiger partial charge in [-0.1, -0.05) is 54.2 Å². The first-order chi connectivity index (χ1) is 15.8. The summed E-state index contributed by atoms with van der Waals surface area (Å²) in [5.74, 6) is 1.57. The summed E-state index contributed by atoms with van der Waals surface area (Å²) < 4.78 is 13.4. The lowest BCUT2D eigenvalue weighted by Gasteiger charge is -2.08. The van der Waals surface area contributed by atoms with Crippen molar-refractivity contribution in [1.82, 2.24) is 9.55 Å². The number of ether oxygens (including phenoxy) is 1. The lowest BCUT2D eigenvalue weighted by atomic mass is 10.2. The number of thioether (sulfide) groups is 1. The smallest absolute Gasteiger partial charge is 0.257 e. The minimum atomic E-state index is 0.678. The highest BCUT2D eigenvalue weighted by Crippen LogP contribution is 2.27. The van der Waals surface area contributed by atoms with Crippen LogP contribution < -0.4 is 9.54 Å². The molecule has 0 aliphatic rings. The highest BCUT2D eigenvalue weighted by atomic mass is 32.2. The van der Waals surface area contributed by atoms with Crippen LogP contribution >= 0.6 is 23.1 Å². The maximum absolute atomic E-state index is 5.88. The molecule has 5 aromatic rings. The van der Waals surface area contributed by atoms with Crippen molar-refractivity contribution in [2.75, 3.05) is 7.11 Å². The number of fused-ring (bicyclic) bond motifs is 1. The number of rotatable bonds is 7. The van der Waals surface area contributed by atoms with Crippen molar-refractivity contribution >= 4 is 39.9 Å². The Bertz CT molecular complexity index is 1350. The van der Waals surface area contributed by atoms with Crippen molar-refractivity contribution in [3.63, 3.8) is 0 Å². The van der Waals surface area contributed by atoms with E-state index in [9.17, 15) is 0 Å². The lowest BCUT2D eigenvalue weighted by molar-refractivity contribution is 0.415. The van der Waals surface area contributed by atoms with Gasteiger partial charge in [-0.05, 0) is 42.0 Å². The number of hydrogen-bond acceptors (Lipinski definition) is 6. The van der Waals surface area contributed by atoms with Crippen molar-refractivity contribution < 1.29 is 9.15 Å². The third kappa shape index (κ3) is 4.64. The molecule has 0 spiro atoms. The number of oxazole rings is 1. The summed E-state index contributed by atoms with van der Waals surface area (Å²) in [6.07, 6.45) is 0. The van der Waals surface area contributed by atoms with E-state index in [-0.39, 0.29) is 0 Å². The van der Waals surface area contributed by atoms with Crippen molar-refractivity contribution in [2.24, 2.45) is 4.99 Å². The van der Waals surface area contributed by atoms with E-state index in [1.807, 2.05) is 54.6 Å². The summed E-state index contributed by atoms with van der Waals surface area (Å²) in [4.78, 5) is 10.4. The standard InChI is InChI=1S/C25H21N3O2S2/c1-29-21-13-11-19(12-14-21)26-24-28(15-18-7-3-2-4-8-18)20(16-31-24)17-32-25-27-22-9-5-6-10-23(22)30-25/h2-14,16H,15,17H2,1H3. The Balaban J connectivity index is 1.46. The summed E-state index contributed by atoms with van der Waals surface area (Å²) in [7, 11) is 1.67. The molecule has 5 nitrogen and oxygen atoms in total. The molecule has 0 aliphatic carbocycles.